The Hall–Kier alpha value is -3.50. The summed E-state index contributed by atoms with van der Waals surface area (Å²) in [5.74, 6) is 0.266. The van der Waals surface area contributed by atoms with Gasteiger partial charge in [0.05, 0.1) is 29.7 Å². The zero-order valence-corrected chi connectivity index (χ0v) is 23.3. The van der Waals surface area contributed by atoms with Gasteiger partial charge >= 0.3 is 6.18 Å². The monoisotopic (exact) mass is 563 g/mol. The van der Waals surface area contributed by atoms with Crippen molar-refractivity contribution in [2.45, 2.75) is 51.4 Å². The number of imidazole rings is 1. The average Bonchev–Trinajstić information content (AvgIpc) is 3.61. The van der Waals surface area contributed by atoms with Gasteiger partial charge in [-0.05, 0) is 88.5 Å². The second kappa shape index (κ2) is 11.4. The van der Waals surface area contributed by atoms with E-state index < -0.39 is 17.6 Å². The van der Waals surface area contributed by atoms with Crippen molar-refractivity contribution in [3.05, 3.63) is 71.6 Å². The van der Waals surface area contributed by atoms with Crippen molar-refractivity contribution in [2.75, 3.05) is 32.7 Å². The SMILES string of the molecule is CC(C1CCN(Cc2ccc(-c3cnc4ccc(C5=CCN=C(N)C(C(F)(F)F)=C5)nn34)cc2)CC1)N1CCCC1. The Morgan fingerprint density at radius 3 is 2.44 bits per heavy atom. The van der Waals surface area contributed by atoms with Crippen molar-refractivity contribution in [1.29, 1.82) is 0 Å². The lowest BCUT2D eigenvalue weighted by molar-refractivity contribution is -0.0860. The maximum atomic E-state index is 13.5. The van der Waals surface area contributed by atoms with Crippen LogP contribution in [0.4, 0.5) is 13.2 Å². The van der Waals surface area contributed by atoms with Crippen LogP contribution in [0.2, 0.25) is 0 Å². The van der Waals surface area contributed by atoms with Crippen LogP contribution in [0.3, 0.4) is 0 Å². The van der Waals surface area contributed by atoms with E-state index in [4.69, 9.17) is 5.73 Å². The highest BCUT2D eigenvalue weighted by atomic mass is 19.4. The molecule has 216 valence electrons. The molecular formula is C31H36F3N7. The molecule has 2 N–H and O–H groups in total. The minimum absolute atomic E-state index is 0.0460. The number of hydrogen-bond acceptors (Lipinski definition) is 6. The van der Waals surface area contributed by atoms with E-state index in [1.807, 2.05) is 0 Å². The maximum Gasteiger partial charge on any atom is 0.419 e. The van der Waals surface area contributed by atoms with Crippen LogP contribution in [0.25, 0.3) is 22.5 Å². The van der Waals surface area contributed by atoms with Crippen LogP contribution in [0.5, 0.6) is 0 Å². The lowest BCUT2D eigenvalue weighted by atomic mass is 9.89. The molecule has 3 aliphatic rings. The third kappa shape index (κ3) is 5.94. The van der Waals surface area contributed by atoms with Crippen LogP contribution in [0, 0.1) is 5.92 Å². The summed E-state index contributed by atoms with van der Waals surface area (Å²) in [6.07, 6.45) is 4.93. The van der Waals surface area contributed by atoms with E-state index in [-0.39, 0.29) is 6.54 Å². The van der Waals surface area contributed by atoms with Crippen LogP contribution in [-0.4, -0.2) is 75.2 Å². The number of benzene rings is 1. The van der Waals surface area contributed by atoms with Crippen LogP contribution < -0.4 is 5.73 Å². The molecule has 1 atom stereocenters. The molecular weight excluding hydrogens is 527 g/mol. The normalized spacial score (nSPS) is 20.5. The summed E-state index contributed by atoms with van der Waals surface area (Å²) in [6, 6.07) is 12.5. The molecule has 0 saturated carbocycles. The lowest BCUT2D eigenvalue weighted by Crippen LogP contribution is -2.42. The van der Waals surface area contributed by atoms with Crippen LogP contribution in [0.15, 0.2) is 65.3 Å². The standard InChI is InChI=1S/C31H36F3N7/c1-21(40-14-2-3-15-40)23-11-16-39(17-12-23)20-22-4-6-24(7-5-22)28-19-37-29-9-8-27(38-41(28)29)25-10-13-36-30(35)26(18-25)31(32,33)34/h4-10,18-19,21,23H,2-3,11-17,20H2,1H3,(H2,35,36). The van der Waals surface area contributed by atoms with Crippen molar-refractivity contribution < 1.29 is 13.2 Å². The zero-order valence-electron chi connectivity index (χ0n) is 23.3. The molecule has 2 fully saturated rings. The highest BCUT2D eigenvalue weighted by molar-refractivity contribution is 6.01. The largest absolute Gasteiger partial charge is 0.419 e. The Morgan fingerprint density at radius 2 is 1.73 bits per heavy atom. The number of hydrogen-bond donors (Lipinski definition) is 1. The molecule has 5 heterocycles. The first-order valence-electron chi connectivity index (χ1n) is 14.5. The van der Waals surface area contributed by atoms with Gasteiger partial charge in [0.25, 0.3) is 0 Å². The van der Waals surface area contributed by atoms with Gasteiger partial charge < -0.3 is 10.6 Å². The predicted molar refractivity (Wildman–Crippen MR) is 155 cm³/mol. The van der Waals surface area contributed by atoms with Gasteiger partial charge in [-0.3, -0.25) is 9.89 Å². The summed E-state index contributed by atoms with van der Waals surface area (Å²) >= 11 is 0. The molecule has 0 radical (unpaired) electrons. The quantitative estimate of drug-likeness (QED) is 0.439. The van der Waals surface area contributed by atoms with Gasteiger partial charge in [0, 0.05) is 23.7 Å². The number of aromatic nitrogens is 3. The van der Waals surface area contributed by atoms with E-state index >= 15 is 0 Å². The molecule has 3 aromatic rings. The van der Waals surface area contributed by atoms with Gasteiger partial charge in [-0.15, -0.1) is 0 Å². The minimum Gasteiger partial charge on any atom is -0.383 e. The first-order chi connectivity index (χ1) is 19.8. The Balaban J connectivity index is 1.15. The highest BCUT2D eigenvalue weighted by Crippen LogP contribution is 2.31. The summed E-state index contributed by atoms with van der Waals surface area (Å²) < 4.78 is 42.3. The molecule has 0 amide bonds. The van der Waals surface area contributed by atoms with Crippen molar-refractivity contribution in [1.82, 2.24) is 24.4 Å². The van der Waals surface area contributed by atoms with Gasteiger partial charge in [-0.2, -0.15) is 18.3 Å². The van der Waals surface area contributed by atoms with E-state index in [0.717, 1.165) is 42.9 Å². The van der Waals surface area contributed by atoms with Gasteiger partial charge in [-0.1, -0.05) is 30.3 Å². The predicted octanol–water partition coefficient (Wildman–Crippen LogP) is 5.34. The summed E-state index contributed by atoms with van der Waals surface area (Å²) in [4.78, 5) is 13.5. The smallest absolute Gasteiger partial charge is 0.383 e. The van der Waals surface area contributed by atoms with Gasteiger partial charge in [0.15, 0.2) is 5.65 Å². The number of amidine groups is 1. The van der Waals surface area contributed by atoms with Gasteiger partial charge in [-0.25, -0.2) is 9.50 Å². The fraction of sp³-hybridized carbons (Fsp3) is 0.452. The van der Waals surface area contributed by atoms with E-state index in [1.165, 1.54) is 44.3 Å². The molecule has 3 aliphatic heterocycles. The van der Waals surface area contributed by atoms with E-state index in [1.54, 1.807) is 28.9 Å². The summed E-state index contributed by atoms with van der Waals surface area (Å²) in [7, 11) is 0. The number of fused-ring (bicyclic) bond motifs is 1. The second-order valence-corrected chi connectivity index (χ2v) is 11.4. The number of nitrogens with two attached hydrogens (primary N) is 1. The number of allylic oxidation sites excluding steroid dienone is 2. The average molecular weight is 564 g/mol. The van der Waals surface area contributed by atoms with E-state index in [9.17, 15) is 13.2 Å². The van der Waals surface area contributed by atoms with Crippen molar-refractivity contribution >= 4 is 17.1 Å². The molecule has 7 nitrogen and oxygen atoms in total. The lowest BCUT2D eigenvalue weighted by Gasteiger charge is -2.38. The summed E-state index contributed by atoms with van der Waals surface area (Å²) in [5.41, 5.74) is 8.91. The third-order valence-corrected chi connectivity index (χ3v) is 8.80. The first kappa shape index (κ1) is 27.7. The third-order valence-electron chi connectivity index (χ3n) is 8.80. The molecule has 1 aromatic carbocycles. The fourth-order valence-corrected chi connectivity index (χ4v) is 6.33. The van der Waals surface area contributed by atoms with Crippen LogP contribution in [0.1, 0.15) is 43.9 Å². The van der Waals surface area contributed by atoms with E-state index in [2.05, 4.69) is 56.1 Å². The number of likely N-dealkylation sites (tertiary alicyclic amines) is 2. The topological polar surface area (TPSA) is 75.0 Å². The second-order valence-electron chi connectivity index (χ2n) is 11.4. The minimum atomic E-state index is -4.61. The Kier molecular flexibility index (Phi) is 7.70. The number of nitrogens with zero attached hydrogens (tertiary/aromatic N) is 6. The van der Waals surface area contributed by atoms with Crippen LogP contribution in [-0.2, 0) is 6.54 Å². The van der Waals surface area contributed by atoms with Crippen LogP contribution >= 0.6 is 0 Å². The number of piperidine rings is 1. The Bertz CT molecular complexity index is 1470. The fourth-order valence-electron chi connectivity index (χ4n) is 6.33. The highest BCUT2D eigenvalue weighted by Gasteiger charge is 2.37. The zero-order chi connectivity index (χ0) is 28.6. The molecule has 2 aromatic heterocycles. The molecule has 2 saturated heterocycles. The number of halogens is 3. The summed E-state index contributed by atoms with van der Waals surface area (Å²) in [5, 5.41) is 4.65. The van der Waals surface area contributed by atoms with E-state index in [0.29, 0.717) is 23.0 Å². The number of alkyl halides is 3. The Morgan fingerprint density at radius 1 is 1.00 bits per heavy atom. The molecule has 10 heteroatoms. The molecule has 6 rings (SSSR count). The molecule has 41 heavy (non-hydrogen) atoms. The van der Waals surface area contributed by atoms with Gasteiger partial charge in [0.2, 0.25) is 0 Å². The van der Waals surface area contributed by atoms with Gasteiger partial charge in [0.1, 0.15) is 5.84 Å². The molecule has 0 spiro atoms. The molecule has 0 aliphatic carbocycles. The van der Waals surface area contributed by atoms with Crippen molar-refractivity contribution in [3.8, 4) is 11.3 Å². The van der Waals surface area contributed by atoms with Crippen molar-refractivity contribution in [2.24, 2.45) is 16.6 Å². The first-order valence-corrected chi connectivity index (χ1v) is 14.5. The van der Waals surface area contributed by atoms with Crippen molar-refractivity contribution in [3.63, 3.8) is 0 Å². The summed E-state index contributed by atoms with van der Waals surface area (Å²) in [6.45, 7) is 8.15. The number of aliphatic imine (C=N–C) groups is 1. The molecule has 1 unspecified atom stereocenters. The maximum absolute atomic E-state index is 13.5. The Labute approximate surface area is 238 Å². The molecule has 0 bridgehead atoms. The number of rotatable bonds is 6.